The molecule has 2 aliphatic rings. The van der Waals surface area contributed by atoms with Crippen LogP contribution in [0, 0.1) is 11.6 Å². The van der Waals surface area contributed by atoms with Crippen LogP contribution in [-0.2, 0) is 4.79 Å². The Morgan fingerprint density at radius 1 is 1.28 bits per heavy atom. The van der Waals surface area contributed by atoms with E-state index in [0.29, 0.717) is 25.5 Å². The number of phenolic OH excluding ortho intramolecular Hbond substituents is 1. The lowest BCUT2D eigenvalue weighted by atomic mass is 10.00. The minimum absolute atomic E-state index is 0.0492. The van der Waals surface area contributed by atoms with Crippen molar-refractivity contribution in [2.75, 3.05) is 31.1 Å². The van der Waals surface area contributed by atoms with E-state index in [9.17, 15) is 14.3 Å². The van der Waals surface area contributed by atoms with Gasteiger partial charge in [-0.25, -0.2) is 18.7 Å². The van der Waals surface area contributed by atoms with Gasteiger partial charge in [-0.2, -0.15) is 0 Å². The summed E-state index contributed by atoms with van der Waals surface area (Å²) in [5.74, 6) is -2.17. The quantitative estimate of drug-likeness (QED) is 0.592. The van der Waals surface area contributed by atoms with Gasteiger partial charge in [0.1, 0.15) is 30.3 Å². The number of hydrogen-bond donors (Lipinski definition) is 1. The van der Waals surface area contributed by atoms with Crippen molar-refractivity contribution in [3.63, 3.8) is 0 Å². The molecule has 0 unspecified atom stereocenters. The molecule has 3 aromatic rings. The topological polar surface area (TPSA) is 78.8 Å². The molecule has 1 N–H and O–H groups in total. The molecule has 32 heavy (non-hydrogen) atoms. The second kappa shape index (κ2) is 7.59. The summed E-state index contributed by atoms with van der Waals surface area (Å²) < 4.78 is 36.2. The normalized spacial score (nSPS) is 17.5. The highest BCUT2D eigenvalue weighted by Crippen LogP contribution is 2.48. The number of benzene rings is 2. The number of carbonyl (C=O) groups is 1. The maximum absolute atomic E-state index is 15.8. The van der Waals surface area contributed by atoms with E-state index in [1.54, 1.807) is 4.90 Å². The third kappa shape index (κ3) is 2.96. The molecule has 1 saturated heterocycles. The van der Waals surface area contributed by atoms with Crippen LogP contribution in [0.4, 0.5) is 14.6 Å². The largest absolute Gasteiger partial charge is 0.507 e. The molecule has 3 heterocycles. The van der Waals surface area contributed by atoms with Crippen molar-refractivity contribution in [3.8, 4) is 22.6 Å². The number of phenols is 1. The number of nitrogens with zero attached hydrogens (tertiary/aromatic N) is 4. The highest BCUT2D eigenvalue weighted by molar-refractivity contribution is 6.38. The number of hydrogen-bond acceptors (Lipinski definition) is 6. The van der Waals surface area contributed by atoms with Crippen molar-refractivity contribution >= 4 is 34.2 Å². The minimum atomic E-state index is -0.919. The first-order chi connectivity index (χ1) is 15.4. The van der Waals surface area contributed by atoms with Crippen molar-refractivity contribution in [1.82, 2.24) is 14.9 Å². The molecule has 164 valence electrons. The first-order valence-corrected chi connectivity index (χ1v) is 10.2. The van der Waals surface area contributed by atoms with Crippen molar-refractivity contribution in [3.05, 3.63) is 53.8 Å². The fourth-order valence-corrected chi connectivity index (χ4v) is 4.63. The van der Waals surface area contributed by atoms with Crippen molar-refractivity contribution in [1.29, 1.82) is 0 Å². The molecule has 1 amide bonds. The smallest absolute Gasteiger partial charge is 0.246 e. The number of aromatic nitrogens is 2. The number of carbonyl (C=O) groups excluding carboxylic acids is 1. The molecule has 1 fully saturated rings. The third-order valence-electron chi connectivity index (χ3n) is 5.80. The minimum Gasteiger partial charge on any atom is -0.507 e. The Balaban J connectivity index is 1.72. The summed E-state index contributed by atoms with van der Waals surface area (Å²) in [6, 6.07) is 3.35. The van der Waals surface area contributed by atoms with Crippen molar-refractivity contribution in [2.24, 2.45) is 0 Å². The van der Waals surface area contributed by atoms with E-state index in [-0.39, 0.29) is 51.4 Å². The highest BCUT2D eigenvalue weighted by atomic mass is 35.5. The van der Waals surface area contributed by atoms with E-state index in [1.807, 2.05) is 4.90 Å². The lowest BCUT2D eigenvalue weighted by Gasteiger charge is -2.40. The van der Waals surface area contributed by atoms with Gasteiger partial charge < -0.3 is 19.6 Å². The number of halogens is 3. The summed E-state index contributed by atoms with van der Waals surface area (Å²) in [4.78, 5) is 24.2. The van der Waals surface area contributed by atoms with Gasteiger partial charge in [0.25, 0.3) is 0 Å². The molecule has 1 atom stereocenters. The Bertz CT molecular complexity index is 1270. The second-order valence-electron chi connectivity index (χ2n) is 7.53. The fraction of sp³-hybridized carbons (Fsp3) is 0.227. The summed E-state index contributed by atoms with van der Waals surface area (Å²) >= 11 is 6.52. The second-order valence-corrected chi connectivity index (χ2v) is 7.91. The third-order valence-corrected chi connectivity index (χ3v) is 6.17. The Morgan fingerprint density at radius 3 is 2.84 bits per heavy atom. The van der Waals surface area contributed by atoms with Gasteiger partial charge in [0, 0.05) is 25.2 Å². The zero-order valence-corrected chi connectivity index (χ0v) is 17.4. The molecular formula is C22H17ClF2N4O3. The Hall–Kier alpha value is -3.46. The predicted molar refractivity (Wildman–Crippen MR) is 115 cm³/mol. The molecule has 0 radical (unpaired) electrons. The summed E-state index contributed by atoms with van der Waals surface area (Å²) in [5, 5.41) is 10.3. The van der Waals surface area contributed by atoms with E-state index in [0.717, 1.165) is 6.07 Å². The standard InChI is InChI=1S/C22H17ClF2N4O3/c1-2-14(31)28-6-7-29-11(8-28)9-32-21-17-20(26-10-27-22(17)29)18(23)16(19(21)25)15-12(24)4-3-5-13(15)30/h2-5,10-11,30H,1,6-9H2/t11-/m0/s1. The molecule has 2 aliphatic heterocycles. The molecule has 0 spiro atoms. The molecule has 10 heteroatoms. The predicted octanol–water partition coefficient (Wildman–Crippen LogP) is 3.53. The van der Waals surface area contributed by atoms with Crippen LogP contribution in [0.5, 0.6) is 11.5 Å². The number of rotatable bonds is 2. The summed E-state index contributed by atoms with van der Waals surface area (Å²) in [6.07, 6.45) is 2.54. The van der Waals surface area contributed by atoms with Crippen LogP contribution in [0.2, 0.25) is 5.02 Å². The average molecular weight is 459 g/mol. The Morgan fingerprint density at radius 2 is 2.09 bits per heavy atom. The molecule has 0 aliphatic carbocycles. The monoisotopic (exact) mass is 458 g/mol. The van der Waals surface area contributed by atoms with E-state index in [2.05, 4.69) is 16.5 Å². The van der Waals surface area contributed by atoms with Gasteiger partial charge in [0.05, 0.1) is 27.5 Å². The Labute approximate surface area is 186 Å². The molecular weight excluding hydrogens is 442 g/mol. The zero-order valence-electron chi connectivity index (χ0n) is 16.7. The van der Waals surface area contributed by atoms with Crippen LogP contribution in [-0.4, -0.2) is 58.2 Å². The summed E-state index contributed by atoms with van der Waals surface area (Å²) in [6.45, 7) is 4.78. The molecule has 0 bridgehead atoms. The highest BCUT2D eigenvalue weighted by Gasteiger charge is 2.37. The molecule has 7 nitrogen and oxygen atoms in total. The van der Waals surface area contributed by atoms with Gasteiger partial charge in [-0.15, -0.1) is 0 Å². The van der Waals surface area contributed by atoms with Crippen LogP contribution in [0.1, 0.15) is 0 Å². The maximum Gasteiger partial charge on any atom is 0.246 e. The lowest BCUT2D eigenvalue weighted by Crippen LogP contribution is -2.56. The molecule has 5 rings (SSSR count). The van der Waals surface area contributed by atoms with Crippen molar-refractivity contribution < 1.29 is 23.4 Å². The first-order valence-electron chi connectivity index (χ1n) is 9.86. The summed E-state index contributed by atoms with van der Waals surface area (Å²) in [5.41, 5.74) is -0.532. The molecule has 1 aromatic heterocycles. The number of ether oxygens (including phenoxy) is 1. The number of aromatic hydroxyl groups is 1. The maximum atomic E-state index is 15.8. The van der Waals surface area contributed by atoms with E-state index < -0.39 is 17.4 Å². The molecule has 2 aromatic carbocycles. The number of fused-ring (bicyclic) bond motifs is 2. The zero-order chi connectivity index (χ0) is 22.6. The van der Waals surface area contributed by atoms with Gasteiger partial charge in [-0.05, 0) is 18.2 Å². The van der Waals surface area contributed by atoms with Gasteiger partial charge in [-0.1, -0.05) is 24.2 Å². The van der Waals surface area contributed by atoms with Gasteiger partial charge in [0.2, 0.25) is 5.91 Å². The van der Waals surface area contributed by atoms with E-state index in [1.165, 1.54) is 24.5 Å². The van der Waals surface area contributed by atoms with Crippen LogP contribution < -0.4 is 9.64 Å². The van der Waals surface area contributed by atoms with E-state index >= 15 is 4.39 Å². The number of amides is 1. The van der Waals surface area contributed by atoms with Crippen LogP contribution >= 0.6 is 11.6 Å². The van der Waals surface area contributed by atoms with Crippen LogP contribution in [0.25, 0.3) is 22.0 Å². The molecule has 0 saturated carbocycles. The average Bonchev–Trinajstić information content (AvgIpc) is 2.96. The van der Waals surface area contributed by atoms with Gasteiger partial charge in [-0.3, -0.25) is 4.79 Å². The summed E-state index contributed by atoms with van der Waals surface area (Å²) in [7, 11) is 0. The van der Waals surface area contributed by atoms with Crippen molar-refractivity contribution in [2.45, 2.75) is 6.04 Å². The van der Waals surface area contributed by atoms with Gasteiger partial charge in [0.15, 0.2) is 11.6 Å². The van der Waals surface area contributed by atoms with Crippen LogP contribution in [0.3, 0.4) is 0 Å². The fourth-order valence-electron chi connectivity index (χ4n) is 4.31. The number of anilines is 1. The van der Waals surface area contributed by atoms with Gasteiger partial charge >= 0.3 is 0 Å². The lowest BCUT2D eigenvalue weighted by molar-refractivity contribution is -0.126. The first kappa shape index (κ1) is 20.4. The van der Waals surface area contributed by atoms with E-state index in [4.69, 9.17) is 16.3 Å². The SMILES string of the molecule is C=CC(=O)N1CCN2c3ncnc4c(Cl)c(-c5c(O)cccc5F)c(F)c(c34)OC[C@@H]2C1. The number of piperazine rings is 1. The Kier molecular flexibility index (Phi) is 4.85. The van der Waals surface area contributed by atoms with Crippen LogP contribution in [0.15, 0.2) is 37.2 Å².